The van der Waals surface area contributed by atoms with Crippen molar-refractivity contribution in [2.45, 2.75) is 0 Å². The van der Waals surface area contributed by atoms with Gasteiger partial charge >= 0.3 is 0 Å². The number of carbonyl (C=O) groups is 3. The molecule has 0 aliphatic heterocycles. The van der Waals surface area contributed by atoms with Crippen LogP contribution in [-0.4, -0.2) is 17.3 Å². The van der Waals surface area contributed by atoms with Crippen molar-refractivity contribution in [3.05, 3.63) is 62.0 Å². The van der Waals surface area contributed by atoms with Crippen LogP contribution in [0.1, 0.15) is 32.0 Å². The number of hydrogen-bond acceptors (Lipinski definition) is 4. The van der Waals surface area contributed by atoms with Gasteiger partial charge in [-0.05, 0) is 18.2 Å². The van der Waals surface area contributed by atoms with Crippen LogP contribution in [0.5, 0.6) is 0 Å². The Hall–Kier alpha value is -1.59. The number of rotatable bonds is 2. The highest BCUT2D eigenvalue weighted by Crippen LogP contribution is 2.37. The molecule has 3 rings (SSSR count). The van der Waals surface area contributed by atoms with Crippen molar-refractivity contribution in [3.63, 3.8) is 0 Å². The summed E-state index contributed by atoms with van der Waals surface area (Å²) in [6, 6.07) is 4.24. The maximum atomic E-state index is 12.6. The third-order valence-electron chi connectivity index (χ3n) is 3.24. The molecule has 0 unspecified atom stereocenters. The van der Waals surface area contributed by atoms with Gasteiger partial charge in [0.25, 0.3) is 0 Å². The van der Waals surface area contributed by atoms with Crippen LogP contribution in [0, 0.1) is 0 Å². The van der Waals surface area contributed by atoms with E-state index in [1.807, 2.05) is 0 Å². The van der Waals surface area contributed by atoms with Crippen molar-refractivity contribution in [3.8, 4) is 0 Å². The number of benzene rings is 1. The molecule has 0 saturated heterocycles. The first-order chi connectivity index (χ1) is 10.8. The molecule has 1 heterocycles. The van der Waals surface area contributed by atoms with Crippen LogP contribution < -0.4 is 0 Å². The molecule has 23 heavy (non-hydrogen) atoms. The van der Waals surface area contributed by atoms with Crippen molar-refractivity contribution in [1.29, 1.82) is 0 Å². The number of furan rings is 1. The van der Waals surface area contributed by atoms with Crippen molar-refractivity contribution in [2.24, 2.45) is 0 Å². The summed E-state index contributed by atoms with van der Waals surface area (Å²) in [5.74, 6) is -2.61. The average molecular weight is 390 g/mol. The Morgan fingerprint density at radius 2 is 1.61 bits per heavy atom. The molecule has 1 aromatic heterocycles. The maximum absolute atomic E-state index is 12.6. The summed E-state index contributed by atoms with van der Waals surface area (Å²) in [6.07, 6.45) is 1.05. The van der Waals surface area contributed by atoms with Gasteiger partial charge in [-0.15, -0.1) is 0 Å². The second-order valence-electron chi connectivity index (χ2n) is 4.60. The summed E-state index contributed by atoms with van der Waals surface area (Å²) in [5, 5.41) is -0.189. The number of allylic oxidation sites excluding steroid dienone is 1. The number of hydrogen-bond donors (Lipinski definition) is 0. The number of halogens is 4. The Kier molecular flexibility index (Phi) is 4.10. The first-order valence-electron chi connectivity index (χ1n) is 6.08. The van der Waals surface area contributed by atoms with Gasteiger partial charge in [0.2, 0.25) is 11.6 Å². The maximum Gasteiger partial charge on any atom is 0.246 e. The highest BCUT2D eigenvalue weighted by molar-refractivity contribution is 6.71. The summed E-state index contributed by atoms with van der Waals surface area (Å²) < 4.78 is 5.16. The lowest BCUT2D eigenvalue weighted by molar-refractivity contribution is -0.111. The summed E-state index contributed by atoms with van der Waals surface area (Å²) in [7, 11) is 0. The summed E-state index contributed by atoms with van der Waals surface area (Å²) in [5.41, 5.74) is -0.125. The van der Waals surface area contributed by atoms with Gasteiger partial charge in [-0.2, -0.15) is 0 Å². The van der Waals surface area contributed by atoms with E-state index in [-0.39, 0.29) is 37.5 Å². The predicted molar refractivity (Wildman–Crippen MR) is 86.6 cm³/mol. The highest BCUT2D eigenvalue weighted by atomic mass is 35.5. The molecule has 0 spiro atoms. The lowest BCUT2D eigenvalue weighted by atomic mass is 9.93. The predicted octanol–water partition coefficient (Wildman–Crippen LogP) is 4.73. The van der Waals surface area contributed by atoms with Crippen molar-refractivity contribution >= 4 is 68.8 Å². The molecule has 8 heteroatoms. The topological polar surface area (TPSA) is 64.3 Å². The molecule has 0 N–H and O–H groups in total. The van der Waals surface area contributed by atoms with E-state index in [2.05, 4.69) is 0 Å². The molecule has 116 valence electrons. The van der Waals surface area contributed by atoms with Gasteiger partial charge in [0.15, 0.2) is 11.5 Å². The Morgan fingerprint density at radius 3 is 2.26 bits per heavy atom. The zero-order valence-electron chi connectivity index (χ0n) is 11.0. The van der Waals surface area contributed by atoms with E-state index in [9.17, 15) is 14.4 Å². The molecule has 4 nitrogen and oxygen atoms in total. The quantitative estimate of drug-likeness (QED) is 0.550. The molecule has 2 aromatic rings. The normalized spacial score (nSPS) is 14.3. The SMILES string of the molecule is O=C1C(=O)c2c(C(=O)c3ccc(Cl)c(Cl)c3)coc2C(Cl)=C1Cl. The van der Waals surface area contributed by atoms with Crippen molar-refractivity contribution in [2.75, 3.05) is 0 Å². The summed E-state index contributed by atoms with van der Waals surface area (Å²) in [6.45, 7) is 0. The molecule has 1 aliphatic rings. The van der Waals surface area contributed by atoms with Gasteiger partial charge in [0, 0.05) is 5.56 Å². The Balaban J connectivity index is 2.15. The molecular formula is C15H4Cl4O4. The molecular weight excluding hydrogens is 386 g/mol. The third-order valence-corrected chi connectivity index (χ3v) is 4.80. The fourth-order valence-electron chi connectivity index (χ4n) is 2.12. The van der Waals surface area contributed by atoms with E-state index < -0.39 is 22.4 Å². The third kappa shape index (κ3) is 2.52. The zero-order chi connectivity index (χ0) is 16.9. The van der Waals surface area contributed by atoms with Crippen LogP contribution in [-0.2, 0) is 4.79 Å². The van der Waals surface area contributed by atoms with Crippen LogP contribution in [0.4, 0.5) is 0 Å². The largest absolute Gasteiger partial charge is 0.462 e. The number of fused-ring (bicyclic) bond motifs is 1. The van der Waals surface area contributed by atoms with Crippen LogP contribution in [0.25, 0.3) is 5.03 Å². The zero-order valence-corrected chi connectivity index (χ0v) is 14.0. The van der Waals surface area contributed by atoms with Crippen molar-refractivity contribution < 1.29 is 18.8 Å². The van der Waals surface area contributed by atoms with E-state index in [4.69, 9.17) is 50.8 Å². The van der Waals surface area contributed by atoms with Crippen LogP contribution in [0.3, 0.4) is 0 Å². The number of ketones is 3. The number of carbonyl (C=O) groups excluding carboxylic acids is 3. The first-order valence-corrected chi connectivity index (χ1v) is 7.60. The Bertz CT molecular complexity index is 924. The van der Waals surface area contributed by atoms with E-state index in [1.165, 1.54) is 18.2 Å². The van der Waals surface area contributed by atoms with Gasteiger partial charge in [-0.1, -0.05) is 46.4 Å². The molecule has 0 radical (unpaired) electrons. The summed E-state index contributed by atoms with van der Waals surface area (Å²) in [4.78, 5) is 36.5. The molecule has 0 amide bonds. The Morgan fingerprint density at radius 1 is 0.913 bits per heavy atom. The molecule has 0 fully saturated rings. The van der Waals surface area contributed by atoms with Crippen LogP contribution >= 0.6 is 46.4 Å². The summed E-state index contributed by atoms with van der Waals surface area (Å²) >= 11 is 23.3. The van der Waals surface area contributed by atoms with Gasteiger partial charge in [0.05, 0.1) is 21.2 Å². The Labute approximate surface area is 149 Å². The van der Waals surface area contributed by atoms with Gasteiger partial charge < -0.3 is 4.42 Å². The van der Waals surface area contributed by atoms with Crippen LogP contribution in [0.2, 0.25) is 10.0 Å². The standard InChI is InChI=1S/C15H4Cl4O4/c16-7-2-1-5(3-8(7)17)12(20)6-4-23-15-9(6)13(21)14(22)10(18)11(15)19/h1-4H. The second kappa shape index (κ2) is 5.80. The van der Waals surface area contributed by atoms with E-state index in [0.29, 0.717) is 0 Å². The minimum atomic E-state index is -0.992. The fraction of sp³-hybridized carbons (Fsp3) is 0. The smallest absolute Gasteiger partial charge is 0.246 e. The lowest BCUT2D eigenvalue weighted by Crippen LogP contribution is -2.22. The molecule has 0 bridgehead atoms. The van der Waals surface area contributed by atoms with Gasteiger partial charge in [-0.3, -0.25) is 14.4 Å². The van der Waals surface area contributed by atoms with Gasteiger partial charge in [0.1, 0.15) is 16.3 Å². The first kappa shape index (κ1) is 16.3. The highest BCUT2D eigenvalue weighted by Gasteiger charge is 2.38. The minimum absolute atomic E-state index is 0.0981. The number of Topliss-reactive ketones (excluding diaryl/α,β-unsaturated/α-hetero) is 2. The fourth-order valence-corrected chi connectivity index (χ4v) is 2.81. The molecule has 1 aromatic carbocycles. The lowest BCUT2D eigenvalue weighted by Gasteiger charge is -2.10. The van der Waals surface area contributed by atoms with Crippen molar-refractivity contribution in [1.82, 2.24) is 0 Å². The molecule has 0 saturated carbocycles. The van der Waals surface area contributed by atoms with Crippen LogP contribution in [0.15, 0.2) is 33.9 Å². The monoisotopic (exact) mass is 388 g/mol. The molecule has 0 atom stereocenters. The minimum Gasteiger partial charge on any atom is -0.462 e. The van der Waals surface area contributed by atoms with E-state index in [0.717, 1.165) is 6.26 Å². The van der Waals surface area contributed by atoms with Gasteiger partial charge in [-0.25, -0.2) is 0 Å². The molecule has 1 aliphatic carbocycles. The second-order valence-corrected chi connectivity index (χ2v) is 6.17. The van der Waals surface area contributed by atoms with E-state index in [1.54, 1.807) is 0 Å². The van der Waals surface area contributed by atoms with E-state index >= 15 is 0 Å². The average Bonchev–Trinajstić information content (AvgIpc) is 2.97.